The highest BCUT2D eigenvalue weighted by Crippen LogP contribution is 2.39. The minimum absolute atomic E-state index is 0.118. The van der Waals surface area contributed by atoms with E-state index in [1.54, 1.807) is 43.5 Å². The highest BCUT2D eigenvalue weighted by molar-refractivity contribution is 7.92. The molecule has 0 bridgehead atoms. The third-order valence-corrected chi connectivity index (χ3v) is 7.69. The fraction of sp³-hybridized carbons (Fsp3) is 0.240. The fourth-order valence-corrected chi connectivity index (χ4v) is 5.47. The first-order valence-corrected chi connectivity index (χ1v) is 12.5. The quantitative estimate of drug-likeness (QED) is 0.539. The van der Waals surface area contributed by atoms with E-state index in [0.717, 1.165) is 11.1 Å². The predicted octanol–water partition coefficient (Wildman–Crippen LogP) is 4.49. The van der Waals surface area contributed by atoms with Gasteiger partial charge in [-0.3, -0.25) is 9.10 Å². The molecule has 4 rings (SSSR count). The number of rotatable bonds is 6. The summed E-state index contributed by atoms with van der Waals surface area (Å²) in [6, 6.07) is 18.2. The monoisotopic (exact) mass is 500 g/mol. The molecule has 1 aliphatic rings. The second-order valence-corrected chi connectivity index (χ2v) is 10.3. The van der Waals surface area contributed by atoms with Crippen LogP contribution in [0.4, 0.5) is 5.69 Å². The van der Waals surface area contributed by atoms with E-state index in [0.29, 0.717) is 10.8 Å². The van der Waals surface area contributed by atoms with Crippen LogP contribution in [0.25, 0.3) is 0 Å². The number of sulfonamides is 1. The number of ether oxygens (including phenoxy) is 2. The van der Waals surface area contributed by atoms with Crippen molar-refractivity contribution >= 4 is 33.2 Å². The van der Waals surface area contributed by atoms with Gasteiger partial charge in [0.1, 0.15) is 11.5 Å². The van der Waals surface area contributed by atoms with Gasteiger partial charge in [-0.15, -0.1) is 0 Å². The van der Waals surface area contributed by atoms with Gasteiger partial charge < -0.3 is 14.8 Å². The predicted molar refractivity (Wildman–Crippen MR) is 131 cm³/mol. The van der Waals surface area contributed by atoms with E-state index < -0.39 is 22.0 Å². The van der Waals surface area contributed by atoms with Gasteiger partial charge >= 0.3 is 0 Å². The molecule has 0 radical (unpaired) electrons. The Balaban J connectivity index is 1.65. The van der Waals surface area contributed by atoms with Crippen molar-refractivity contribution in [3.63, 3.8) is 0 Å². The highest BCUT2D eigenvalue weighted by atomic mass is 35.5. The minimum atomic E-state index is -3.97. The van der Waals surface area contributed by atoms with Crippen LogP contribution in [0.3, 0.4) is 0 Å². The number of halogens is 1. The molecule has 2 atom stereocenters. The van der Waals surface area contributed by atoms with Gasteiger partial charge in [-0.1, -0.05) is 47.5 Å². The maximum absolute atomic E-state index is 13.5. The number of hydrogen-bond donors (Lipinski definition) is 1. The summed E-state index contributed by atoms with van der Waals surface area (Å²) in [6.07, 6.45) is -1.06. The molecule has 0 saturated carbocycles. The molecule has 0 saturated heterocycles. The Labute approximate surface area is 204 Å². The molecule has 3 aromatic carbocycles. The standard InChI is InChI=1S/C25H25ClN2O5S/c1-16-8-11-19(12-9-16)34(30,31)28-15-24(33-23-13-10-18(26)14-21(23)28)25(29)27-17(2)20-6-4-5-7-22(20)32-3/h4-14,17,24H,15H2,1-3H3,(H,27,29)/t17-,24+/m0/s1. The van der Waals surface area contributed by atoms with Crippen molar-refractivity contribution in [2.45, 2.75) is 30.9 Å². The highest BCUT2D eigenvalue weighted by Gasteiger charge is 2.38. The molecule has 34 heavy (non-hydrogen) atoms. The lowest BCUT2D eigenvalue weighted by molar-refractivity contribution is -0.128. The molecule has 0 spiro atoms. The second-order valence-electron chi connectivity index (χ2n) is 8.04. The van der Waals surface area contributed by atoms with Crippen molar-refractivity contribution in [2.75, 3.05) is 18.0 Å². The number of aryl methyl sites for hydroxylation is 1. The molecule has 1 amide bonds. The fourth-order valence-electron chi connectivity index (χ4n) is 3.83. The van der Waals surface area contributed by atoms with E-state index >= 15 is 0 Å². The molecule has 0 fully saturated rings. The van der Waals surface area contributed by atoms with E-state index in [1.165, 1.54) is 10.4 Å². The first kappa shape index (κ1) is 23.9. The second kappa shape index (κ2) is 9.56. The molecule has 0 aliphatic carbocycles. The van der Waals surface area contributed by atoms with Crippen molar-refractivity contribution in [1.29, 1.82) is 0 Å². The van der Waals surface area contributed by atoms with Crippen LogP contribution >= 0.6 is 11.6 Å². The summed E-state index contributed by atoms with van der Waals surface area (Å²) in [5, 5.41) is 3.27. The van der Waals surface area contributed by atoms with Gasteiger partial charge in [0.05, 0.1) is 30.3 Å². The number of fused-ring (bicyclic) bond motifs is 1. The topological polar surface area (TPSA) is 84.9 Å². The molecule has 3 aromatic rings. The molecule has 0 aromatic heterocycles. The molecule has 178 valence electrons. The Morgan fingerprint density at radius 1 is 1.15 bits per heavy atom. The molecule has 1 aliphatic heterocycles. The van der Waals surface area contributed by atoms with E-state index in [-0.39, 0.29) is 28.9 Å². The Bertz CT molecular complexity index is 1310. The van der Waals surface area contributed by atoms with Crippen LogP contribution < -0.4 is 19.1 Å². The van der Waals surface area contributed by atoms with Crippen molar-refractivity contribution in [3.05, 3.63) is 82.9 Å². The summed E-state index contributed by atoms with van der Waals surface area (Å²) in [5.41, 5.74) is 2.02. The molecular formula is C25H25ClN2O5S. The number of carbonyl (C=O) groups excluding carboxylic acids is 1. The zero-order valence-corrected chi connectivity index (χ0v) is 20.6. The van der Waals surface area contributed by atoms with Gasteiger partial charge in [-0.05, 0) is 50.2 Å². The lowest BCUT2D eigenvalue weighted by Gasteiger charge is -2.35. The summed E-state index contributed by atoms with van der Waals surface area (Å²) in [7, 11) is -2.41. The number of anilines is 1. The zero-order valence-electron chi connectivity index (χ0n) is 19.0. The lowest BCUT2D eigenvalue weighted by Crippen LogP contribution is -2.51. The molecule has 1 N–H and O–H groups in total. The van der Waals surface area contributed by atoms with Crippen LogP contribution in [0.5, 0.6) is 11.5 Å². The number of methoxy groups -OCH3 is 1. The Morgan fingerprint density at radius 2 is 1.85 bits per heavy atom. The molecule has 9 heteroatoms. The van der Waals surface area contributed by atoms with Crippen LogP contribution in [0.1, 0.15) is 24.1 Å². The normalized spacial score (nSPS) is 16.2. The van der Waals surface area contributed by atoms with E-state index in [2.05, 4.69) is 5.32 Å². The maximum Gasteiger partial charge on any atom is 0.264 e. The third kappa shape index (κ3) is 4.69. The molecular weight excluding hydrogens is 476 g/mol. The van der Waals surface area contributed by atoms with E-state index in [9.17, 15) is 13.2 Å². The minimum Gasteiger partial charge on any atom is -0.496 e. The molecule has 7 nitrogen and oxygen atoms in total. The van der Waals surface area contributed by atoms with Crippen LogP contribution in [0.2, 0.25) is 5.02 Å². The molecule has 0 unspecified atom stereocenters. The smallest absolute Gasteiger partial charge is 0.264 e. The first-order valence-electron chi connectivity index (χ1n) is 10.7. The summed E-state index contributed by atoms with van der Waals surface area (Å²) >= 11 is 6.15. The van der Waals surface area contributed by atoms with Crippen LogP contribution in [0.15, 0.2) is 71.6 Å². The lowest BCUT2D eigenvalue weighted by atomic mass is 10.1. The van der Waals surface area contributed by atoms with Gasteiger partial charge in [0.2, 0.25) is 0 Å². The van der Waals surface area contributed by atoms with E-state index in [1.807, 2.05) is 38.1 Å². The van der Waals surface area contributed by atoms with E-state index in [4.69, 9.17) is 21.1 Å². The van der Waals surface area contributed by atoms with Gasteiger partial charge in [0, 0.05) is 10.6 Å². The number of carbonyl (C=O) groups is 1. The Hall–Kier alpha value is -3.23. The van der Waals surface area contributed by atoms with Crippen molar-refractivity contribution in [2.24, 2.45) is 0 Å². The maximum atomic E-state index is 13.5. The number of amides is 1. The average molecular weight is 501 g/mol. The van der Waals surface area contributed by atoms with Crippen molar-refractivity contribution in [1.82, 2.24) is 5.32 Å². The average Bonchev–Trinajstić information content (AvgIpc) is 2.83. The van der Waals surface area contributed by atoms with Crippen LogP contribution in [-0.4, -0.2) is 34.1 Å². The van der Waals surface area contributed by atoms with Crippen molar-refractivity contribution in [3.8, 4) is 11.5 Å². The van der Waals surface area contributed by atoms with Gasteiger partial charge in [0.15, 0.2) is 6.10 Å². The summed E-state index contributed by atoms with van der Waals surface area (Å²) in [6.45, 7) is 3.50. The van der Waals surface area contributed by atoms with Gasteiger partial charge in [-0.2, -0.15) is 0 Å². The Kier molecular flexibility index (Phi) is 6.72. The number of benzene rings is 3. The number of para-hydroxylation sites is 1. The van der Waals surface area contributed by atoms with Crippen LogP contribution in [-0.2, 0) is 14.8 Å². The number of nitrogens with one attached hydrogen (secondary N) is 1. The Morgan fingerprint density at radius 3 is 2.56 bits per heavy atom. The van der Waals surface area contributed by atoms with Crippen molar-refractivity contribution < 1.29 is 22.7 Å². The summed E-state index contributed by atoms with van der Waals surface area (Å²) in [5.74, 6) is 0.461. The summed E-state index contributed by atoms with van der Waals surface area (Å²) in [4.78, 5) is 13.3. The van der Waals surface area contributed by atoms with Crippen LogP contribution in [0, 0.1) is 6.92 Å². The number of nitrogens with zero attached hydrogens (tertiary/aromatic N) is 1. The third-order valence-electron chi connectivity index (χ3n) is 5.66. The van der Waals surface area contributed by atoms with Gasteiger partial charge in [0.25, 0.3) is 15.9 Å². The number of hydrogen-bond acceptors (Lipinski definition) is 5. The van der Waals surface area contributed by atoms with Gasteiger partial charge in [-0.25, -0.2) is 8.42 Å². The molecule has 1 heterocycles. The summed E-state index contributed by atoms with van der Waals surface area (Å²) < 4.78 is 39.6. The largest absolute Gasteiger partial charge is 0.496 e. The first-order chi connectivity index (χ1) is 16.2. The zero-order chi connectivity index (χ0) is 24.5. The SMILES string of the molecule is COc1ccccc1[C@H](C)NC(=O)[C@H]1CN(S(=O)(=O)c2ccc(C)cc2)c2cc(Cl)ccc2O1.